The quantitative estimate of drug-likeness (QED) is 0.433. The van der Waals surface area contributed by atoms with Crippen LogP contribution in [0.5, 0.6) is 0 Å². The van der Waals surface area contributed by atoms with Gasteiger partial charge in [-0.15, -0.1) is 0 Å². The maximum atomic E-state index is 13.3. The van der Waals surface area contributed by atoms with Crippen LogP contribution in [0, 0.1) is 0 Å². The second-order valence-corrected chi connectivity index (χ2v) is 11.0. The van der Waals surface area contributed by atoms with Gasteiger partial charge in [0, 0.05) is 55.2 Å². The summed E-state index contributed by atoms with van der Waals surface area (Å²) < 4.78 is 1.87. The maximum absolute atomic E-state index is 13.3. The molecule has 6 rings (SSSR count). The van der Waals surface area contributed by atoms with E-state index in [0.717, 1.165) is 50.1 Å². The van der Waals surface area contributed by atoms with Crippen molar-refractivity contribution in [1.82, 2.24) is 19.4 Å². The minimum absolute atomic E-state index is 0.0341. The number of pyridine rings is 1. The van der Waals surface area contributed by atoms with Gasteiger partial charge >= 0.3 is 0 Å². The molecule has 0 saturated carbocycles. The van der Waals surface area contributed by atoms with E-state index in [1.54, 1.807) is 12.3 Å². The molecule has 190 valence electrons. The molecule has 1 saturated heterocycles. The molecule has 3 heterocycles. The van der Waals surface area contributed by atoms with Crippen molar-refractivity contribution in [2.75, 3.05) is 43.4 Å². The van der Waals surface area contributed by atoms with Crippen LogP contribution in [-0.2, 0) is 5.41 Å². The number of fused-ring (bicyclic) bond motifs is 2. The van der Waals surface area contributed by atoms with Crippen LogP contribution in [-0.4, -0.2) is 52.7 Å². The van der Waals surface area contributed by atoms with Gasteiger partial charge in [0.2, 0.25) is 5.95 Å². The lowest BCUT2D eigenvalue weighted by atomic mass is 9.71. The summed E-state index contributed by atoms with van der Waals surface area (Å²) in [6, 6.07) is 20.4. The summed E-state index contributed by atoms with van der Waals surface area (Å²) in [5.41, 5.74) is 5.38. The van der Waals surface area contributed by atoms with Crippen molar-refractivity contribution < 1.29 is 0 Å². The van der Waals surface area contributed by atoms with Gasteiger partial charge in [-0.1, -0.05) is 38.1 Å². The van der Waals surface area contributed by atoms with Gasteiger partial charge < -0.3 is 15.1 Å². The van der Waals surface area contributed by atoms with Gasteiger partial charge in [0.1, 0.15) is 5.65 Å². The Morgan fingerprint density at radius 2 is 1.70 bits per heavy atom. The third-order valence-corrected chi connectivity index (χ3v) is 8.06. The van der Waals surface area contributed by atoms with Crippen LogP contribution in [0.3, 0.4) is 0 Å². The summed E-state index contributed by atoms with van der Waals surface area (Å²) in [6.45, 7) is 8.80. The van der Waals surface area contributed by atoms with Gasteiger partial charge in [0.25, 0.3) is 5.56 Å². The monoisotopic (exact) mass is 494 g/mol. The lowest BCUT2D eigenvalue weighted by molar-refractivity contribution is 0.313. The number of nitrogens with one attached hydrogen (secondary N) is 1. The molecular formula is C30H34N6O. The highest BCUT2D eigenvalue weighted by Gasteiger charge is 2.34. The Labute approximate surface area is 217 Å². The molecule has 0 radical (unpaired) electrons. The Morgan fingerprint density at radius 1 is 0.946 bits per heavy atom. The molecule has 37 heavy (non-hydrogen) atoms. The van der Waals surface area contributed by atoms with E-state index in [2.05, 4.69) is 89.5 Å². The number of piperazine rings is 1. The SMILES string of the molecule is CN1CCN(c2ccc(Nc3ncc4ccc(=O)n(C5CCC(C)(C)c6ccccc65)c4n3)cc2)CC1. The molecule has 4 aromatic rings. The van der Waals surface area contributed by atoms with Crippen molar-refractivity contribution in [3.05, 3.63) is 88.3 Å². The van der Waals surface area contributed by atoms with Crippen LogP contribution in [0.1, 0.15) is 43.9 Å². The van der Waals surface area contributed by atoms with E-state index in [-0.39, 0.29) is 17.0 Å². The highest BCUT2D eigenvalue weighted by atomic mass is 16.1. The molecular weight excluding hydrogens is 460 g/mol. The first kappa shape index (κ1) is 23.7. The van der Waals surface area contributed by atoms with Crippen molar-refractivity contribution in [1.29, 1.82) is 0 Å². The maximum Gasteiger partial charge on any atom is 0.252 e. The standard InChI is InChI=1S/C30H34N6O/c1-30(2)15-14-26(24-6-4-5-7-25(24)30)36-27(37)13-8-21-20-31-29(33-28(21)36)32-22-9-11-23(12-10-22)35-18-16-34(3)17-19-35/h4-13,20,26H,14-19H2,1-3H3,(H,31,32,33). The minimum Gasteiger partial charge on any atom is -0.369 e. The number of anilines is 3. The molecule has 1 atom stereocenters. The fourth-order valence-corrected chi connectivity index (χ4v) is 5.81. The second kappa shape index (κ2) is 9.30. The highest BCUT2D eigenvalue weighted by Crippen LogP contribution is 2.43. The first-order valence-corrected chi connectivity index (χ1v) is 13.2. The number of aromatic nitrogens is 3. The highest BCUT2D eigenvalue weighted by molar-refractivity contribution is 5.76. The van der Waals surface area contributed by atoms with Gasteiger partial charge in [-0.3, -0.25) is 9.36 Å². The molecule has 7 heteroatoms. The van der Waals surface area contributed by atoms with Crippen LogP contribution < -0.4 is 15.8 Å². The average Bonchev–Trinajstić information content (AvgIpc) is 2.90. The average molecular weight is 495 g/mol. The zero-order valence-electron chi connectivity index (χ0n) is 21.8. The van der Waals surface area contributed by atoms with E-state index in [1.165, 1.54) is 16.8 Å². The minimum atomic E-state index is -0.0500. The second-order valence-electron chi connectivity index (χ2n) is 11.0. The number of rotatable bonds is 4. The van der Waals surface area contributed by atoms with Gasteiger partial charge in [-0.2, -0.15) is 4.98 Å². The van der Waals surface area contributed by atoms with Crippen LogP contribution in [0.25, 0.3) is 11.0 Å². The molecule has 1 N–H and O–H groups in total. The lowest BCUT2D eigenvalue weighted by Gasteiger charge is -2.38. The molecule has 1 aliphatic carbocycles. The summed E-state index contributed by atoms with van der Waals surface area (Å²) in [5.74, 6) is 0.489. The van der Waals surface area contributed by atoms with Crippen molar-refractivity contribution in [2.24, 2.45) is 0 Å². The lowest BCUT2D eigenvalue weighted by Crippen LogP contribution is -2.44. The van der Waals surface area contributed by atoms with Crippen LogP contribution in [0.4, 0.5) is 17.3 Å². The van der Waals surface area contributed by atoms with E-state index in [9.17, 15) is 4.79 Å². The largest absolute Gasteiger partial charge is 0.369 e. The van der Waals surface area contributed by atoms with Gasteiger partial charge in [0.05, 0.1) is 6.04 Å². The summed E-state index contributed by atoms with van der Waals surface area (Å²) >= 11 is 0. The van der Waals surface area contributed by atoms with Crippen molar-refractivity contribution >= 4 is 28.4 Å². The first-order chi connectivity index (χ1) is 17.9. The molecule has 0 amide bonds. The molecule has 1 aliphatic heterocycles. The van der Waals surface area contributed by atoms with E-state index in [4.69, 9.17) is 4.98 Å². The predicted molar refractivity (Wildman–Crippen MR) is 150 cm³/mol. The smallest absolute Gasteiger partial charge is 0.252 e. The molecule has 1 unspecified atom stereocenters. The van der Waals surface area contributed by atoms with E-state index in [0.29, 0.717) is 11.6 Å². The van der Waals surface area contributed by atoms with Crippen molar-refractivity contribution in [3.8, 4) is 0 Å². The number of likely N-dealkylation sites (N-methyl/N-ethyl adjacent to an activating group) is 1. The summed E-state index contributed by atoms with van der Waals surface area (Å²) in [6.07, 6.45) is 3.70. The first-order valence-electron chi connectivity index (χ1n) is 13.2. The molecule has 2 aromatic carbocycles. The Morgan fingerprint density at radius 3 is 2.49 bits per heavy atom. The fraction of sp³-hybridized carbons (Fsp3) is 0.367. The molecule has 1 fully saturated rings. The number of hydrogen-bond donors (Lipinski definition) is 1. The normalized spacial score (nSPS) is 19.5. The third-order valence-electron chi connectivity index (χ3n) is 8.06. The van der Waals surface area contributed by atoms with Crippen LogP contribution in [0.2, 0.25) is 0 Å². The molecule has 0 spiro atoms. The Kier molecular flexibility index (Phi) is 5.95. The van der Waals surface area contributed by atoms with E-state index >= 15 is 0 Å². The van der Waals surface area contributed by atoms with Crippen molar-refractivity contribution in [2.45, 2.75) is 38.1 Å². The van der Waals surface area contributed by atoms with Crippen LogP contribution >= 0.6 is 0 Å². The van der Waals surface area contributed by atoms with Crippen LogP contribution in [0.15, 0.2) is 71.7 Å². The zero-order chi connectivity index (χ0) is 25.6. The van der Waals surface area contributed by atoms with Crippen molar-refractivity contribution in [3.63, 3.8) is 0 Å². The number of nitrogens with zero attached hydrogens (tertiary/aromatic N) is 5. The Hall–Kier alpha value is -3.71. The molecule has 2 aliphatic rings. The molecule has 0 bridgehead atoms. The third kappa shape index (κ3) is 4.48. The number of benzene rings is 2. The molecule has 7 nitrogen and oxygen atoms in total. The predicted octanol–water partition coefficient (Wildman–Crippen LogP) is 4.95. The van der Waals surface area contributed by atoms with Gasteiger partial charge in [-0.05, 0) is 66.8 Å². The fourth-order valence-electron chi connectivity index (χ4n) is 5.81. The Bertz CT molecular complexity index is 1480. The van der Waals surface area contributed by atoms with Gasteiger partial charge in [-0.25, -0.2) is 4.98 Å². The topological polar surface area (TPSA) is 66.3 Å². The summed E-state index contributed by atoms with van der Waals surface area (Å²) in [4.78, 5) is 27.4. The summed E-state index contributed by atoms with van der Waals surface area (Å²) in [5, 5.41) is 4.21. The molecule has 2 aromatic heterocycles. The Balaban J connectivity index is 1.32. The zero-order valence-corrected chi connectivity index (χ0v) is 21.8. The number of hydrogen-bond acceptors (Lipinski definition) is 6. The van der Waals surface area contributed by atoms with Gasteiger partial charge in [0.15, 0.2) is 0 Å². The summed E-state index contributed by atoms with van der Waals surface area (Å²) in [7, 11) is 2.17. The van der Waals surface area contributed by atoms with E-state index in [1.807, 2.05) is 10.6 Å². The van der Waals surface area contributed by atoms with E-state index < -0.39 is 0 Å².